The lowest BCUT2D eigenvalue weighted by Crippen LogP contribution is -2.55. The summed E-state index contributed by atoms with van der Waals surface area (Å²) < 4.78 is 0. The molecule has 0 saturated heterocycles. The normalized spacial score (nSPS) is 27.2. The third-order valence-corrected chi connectivity index (χ3v) is 5.27. The molecule has 2 aliphatic carbocycles. The summed E-state index contributed by atoms with van der Waals surface area (Å²) in [5.41, 5.74) is 2.59. The van der Waals surface area contributed by atoms with E-state index >= 15 is 0 Å². The van der Waals surface area contributed by atoms with Gasteiger partial charge < -0.3 is 10.4 Å². The molecule has 2 atom stereocenters. The van der Waals surface area contributed by atoms with Gasteiger partial charge in [0.15, 0.2) is 0 Å². The van der Waals surface area contributed by atoms with Crippen LogP contribution in [-0.4, -0.2) is 22.5 Å². The SMILES string of the molecule is CC1(NC(=O)c2ccc3c(c2)CCC3)CCCCC1C(=O)O. The molecule has 2 unspecified atom stereocenters. The lowest BCUT2D eigenvalue weighted by molar-refractivity contribution is -0.145. The first kappa shape index (κ1) is 15.1. The lowest BCUT2D eigenvalue weighted by atomic mass is 9.73. The zero-order valence-electron chi connectivity index (χ0n) is 13.0. The number of amides is 1. The number of benzene rings is 1. The highest BCUT2D eigenvalue weighted by Gasteiger charge is 2.42. The summed E-state index contributed by atoms with van der Waals surface area (Å²) in [5.74, 6) is -1.46. The van der Waals surface area contributed by atoms with Crippen molar-refractivity contribution >= 4 is 11.9 Å². The molecular formula is C18H23NO3. The number of carboxylic acid groups (broad SMARTS) is 1. The van der Waals surface area contributed by atoms with Crippen molar-refractivity contribution in [1.82, 2.24) is 5.32 Å². The average Bonchev–Trinajstić information content (AvgIpc) is 2.94. The van der Waals surface area contributed by atoms with Crippen LogP contribution in [0.2, 0.25) is 0 Å². The zero-order valence-corrected chi connectivity index (χ0v) is 13.0. The fourth-order valence-electron chi connectivity index (χ4n) is 3.92. The first-order chi connectivity index (χ1) is 10.5. The van der Waals surface area contributed by atoms with Crippen molar-refractivity contribution in [3.05, 3.63) is 34.9 Å². The predicted molar refractivity (Wildman–Crippen MR) is 83.9 cm³/mol. The van der Waals surface area contributed by atoms with Gasteiger partial charge in [-0.25, -0.2) is 0 Å². The van der Waals surface area contributed by atoms with E-state index in [1.165, 1.54) is 11.1 Å². The molecule has 0 aliphatic heterocycles. The summed E-state index contributed by atoms with van der Waals surface area (Å²) in [6, 6.07) is 5.87. The summed E-state index contributed by atoms with van der Waals surface area (Å²) in [7, 11) is 0. The highest BCUT2D eigenvalue weighted by molar-refractivity contribution is 5.95. The molecule has 2 aliphatic rings. The van der Waals surface area contributed by atoms with E-state index in [0.717, 1.165) is 38.5 Å². The van der Waals surface area contributed by atoms with Gasteiger partial charge in [0.05, 0.1) is 11.5 Å². The Morgan fingerprint density at radius 3 is 2.73 bits per heavy atom. The Balaban J connectivity index is 1.79. The van der Waals surface area contributed by atoms with Gasteiger partial charge in [0, 0.05) is 5.56 Å². The molecule has 3 rings (SSSR count). The summed E-state index contributed by atoms with van der Waals surface area (Å²) in [5, 5.41) is 12.4. The molecule has 118 valence electrons. The molecule has 1 aromatic carbocycles. The highest BCUT2D eigenvalue weighted by Crippen LogP contribution is 2.34. The Kier molecular flexibility index (Phi) is 3.94. The van der Waals surface area contributed by atoms with Gasteiger partial charge in [-0.2, -0.15) is 0 Å². The van der Waals surface area contributed by atoms with Gasteiger partial charge in [-0.05, 0) is 62.3 Å². The van der Waals surface area contributed by atoms with Crippen LogP contribution in [0.1, 0.15) is 60.5 Å². The van der Waals surface area contributed by atoms with Gasteiger partial charge in [0.2, 0.25) is 0 Å². The van der Waals surface area contributed by atoms with Crippen LogP contribution in [0.4, 0.5) is 0 Å². The highest BCUT2D eigenvalue weighted by atomic mass is 16.4. The quantitative estimate of drug-likeness (QED) is 0.902. The first-order valence-corrected chi connectivity index (χ1v) is 8.17. The van der Waals surface area contributed by atoms with E-state index in [1.54, 1.807) is 0 Å². The number of fused-ring (bicyclic) bond motifs is 1. The smallest absolute Gasteiger partial charge is 0.308 e. The van der Waals surface area contributed by atoms with E-state index in [1.807, 2.05) is 25.1 Å². The zero-order chi connectivity index (χ0) is 15.7. The fraction of sp³-hybridized carbons (Fsp3) is 0.556. The van der Waals surface area contributed by atoms with E-state index in [2.05, 4.69) is 5.32 Å². The van der Waals surface area contributed by atoms with Crippen molar-refractivity contribution < 1.29 is 14.7 Å². The molecule has 0 spiro atoms. The van der Waals surface area contributed by atoms with E-state index < -0.39 is 17.4 Å². The van der Waals surface area contributed by atoms with Crippen LogP contribution in [0.5, 0.6) is 0 Å². The van der Waals surface area contributed by atoms with Crippen LogP contribution in [0.15, 0.2) is 18.2 Å². The summed E-state index contributed by atoms with van der Waals surface area (Å²) >= 11 is 0. The second kappa shape index (κ2) is 5.75. The third-order valence-electron chi connectivity index (χ3n) is 5.27. The Labute approximate surface area is 130 Å². The molecule has 1 aromatic rings. The van der Waals surface area contributed by atoms with E-state index in [9.17, 15) is 14.7 Å². The van der Waals surface area contributed by atoms with Crippen molar-refractivity contribution in [2.75, 3.05) is 0 Å². The Bertz CT molecular complexity index is 610. The molecule has 22 heavy (non-hydrogen) atoms. The van der Waals surface area contributed by atoms with Crippen LogP contribution in [-0.2, 0) is 17.6 Å². The molecule has 4 heteroatoms. The molecule has 0 aromatic heterocycles. The minimum atomic E-state index is -0.809. The van der Waals surface area contributed by atoms with Crippen LogP contribution >= 0.6 is 0 Å². The maximum atomic E-state index is 12.6. The van der Waals surface area contributed by atoms with Gasteiger partial charge in [-0.1, -0.05) is 18.9 Å². The molecule has 0 heterocycles. The largest absolute Gasteiger partial charge is 0.481 e. The first-order valence-electron chi connectivity index (χ1n) is 8.17. The third kappa shape index (κ3) is 2.74. The molecule has 0 bridgehead atoms. The standard InChI is InChI=1S/C18H23NO3/c1-18(10-3-2-7-15(18)17(21)22)19-16(20)14-9-8-12-5-4-6-13(12)11-14/h8-9,11,15H,2-7,10H2,1H3,(H,19,20)(H,21,22). The topological polar surface area (TPSA) is 66.4 Å². The summed E-state index contributed by atoms with van der Waals surface area (Å²) in [6.45, 7) is 1.87. The second-order valence-electron chi connectivity index (χ2n) is 6.85. The van der Waals surface area contributed by atoms with Crippen molar-refractivity contribution in [3.8, 4) is 0 Å². The predicted octanol–water partition coefficient (Wildman–Crippen LogP) is 2.94. The molecule has 0 radical (unpaired) electrons. The van der Waals surface area contributed by atoms with Crippen molar-refractivity contribution in [1.29, 1.82) is 0 Å². The van der Waals surface area contributed by atoms with E-state index in [0.29, 0.717) is 12.0 Å². The van der Waals surface area contributed by atoms with Crippen LogP contribution in [0, 0.1) is 5.92 Å². The molecule has 4 nitrogen and oxygen atoms in total. The van der Waals surface area contributed by atoms with Crippen LogP contribution in [0.3, 0.4) is 0 Å². The van der Waals surface area contributed by atoms with E-state index in [-0.39, 0.29) is 5.91 Å². The molecule has 1 amide bonds. The second-order valence-corrected chi connectivity index (χ2v) is 6.85. The minimum Gasteiger partial charge on any atom is -0.481 e. The maximum Gasteiger partial charge on any atom is 0.308 e. The van der Waals surface area contributed by atoms with Gasteiger partial charge in [0.1, 0.15) is 0 Å². The molecular weight excluding hydrogens is 278 g/mol. The average molecular weight is 301 g/mol. The van der Waals surface area contributed by atoms with Crippen molar-refractivity contribution in [2.45, 2.75) is 57.4 Å². The van der Waals surface area contributed by atoms with Gasteiger partial charge in [0.25, 0.3) is 5.91 Å². The fourth-order valence-corrected chi connectivity index (χ4v) is 3.92. The number of aliphatic carboxylic acids is 1. The van der Waals surface area contributed by atoms with Crippen molar-refractivity contribution in [2.24, 2.45) is 5.92 Å². The van der Waals surface area contributed by atoms with Gasteiger partial charge in [-0.15, -0.1) is 0 Å². The van der Waals surface area contributed by atoms with Crippen LogP contribution < -0.4 is 5.32 Å². The Morgan fingerprint density at radius 2 is 1.95 bits per heavy atom. The molecule has 2 N–H and O–H groups in total. The van der Waals surface area contributed by atoms with Crippen molar-refractivity contribution in [3.63, 3.8) is 0 Å². The minimum absolute atomic E-state index is 0.148. The summed E-state index contributed by atoms with van der Waals surface area (Å²) in [4.78, 5) is 24.1. The van der Waals surface area contributed by atoms with Crippen LogP contribution in [0.25, 0.3) is 0 Å². The molecule has 1 fully saturated rings. The maximum absolute atomic E-state index is 12.6. The number of hydrogen-bond acceptors (Lipinski definition) is 2. The number of carboxylic acids is 1. The lowest BCUT2D eigenvalue weighted by Gasteiger charge is -2.39. The number of aryl methyl sites for hydroxylation is 2. The van der Waals surface area contributed by atoms with Gasteiger partial charge >= 0.3 is 5.97 Å². The van der Waals surface area contributed by atoms with Gasteiger partial charge in [-0.3, -0.25) is 9.59 Å². The number of carbonyl (C=O) groups excluding carboxylic acids is 1. The number of hydrogen-bond donors (Lipinski definition) is 2. The van der Waals surface area contributed by atoms with E-state index in [4.69, 9.17) is 0 Å². The monoisotopic (exact) mass is 301 g/mol. The molecule has 1 saturated carbocycles. The Hall–Kier alpha value is -1.84. The number of rotatable bonds is 3. The number of nitrogens with one attached hydrogen (secondary N) is 1. The summed E-state index contributed by atoms with van der Waals surface area (Å²) in [6.07, 6.45) is 6.52. The Morgan fingerprint density at radius 1 is 1.18 bits per heavy atom. The number of carbonyl (C=O) groups is 2.